The fourth-order valence-corrected chi connectivity index (χ4v) is 6.45. The first kappa shape index (κ1) is 45.2. The van der Waals surface area contributed by atoms with Crippen molar-refractivity contribution in [3.8, 4) is 5.06 Å². The summed E-state index contributed by atoms with van der Waals surface area (Å²) in [6.45, 7) is 13.7. The van der Waals surface area contributed by atoms with Gasteiger partial charge in [0.05, 0.1) is 22.6 Å². The van der Waals surface area contributed by atoms with E-state index in [1.807, 2.05) is 100 Å². The Labute approximate surface area is 359 Å². The van der Waals surface area contributed by atoms with Crippen molar-refractivity contribution in [2.45, 2.75) is 59.7 Å². The number of hydrogen-bond donors (Lipinski definition) is 3. The first-order valence-corrected chi connectivity index (χ1v) is 20.7. The molecule has 4 heterocycles. The van der Waals surface area contributed by atoms with Gasteiger partial charge in [-0.15, -0.1) is 15.3 Å². The zero-order chi connectivity index (χ0) is 41.8. The second kappa shape index (κ2) is 20.8. The number of benzene rings is 3. The normalized spacial score (nSPS) is 13.4. The molecule has 1 fully saturated rings. The summed E-state index contributed by atoms with van der Waals surface area (Å²) in [5, 5.41) is 17.4. The van der Waals surface area contributed by atoms with E-state index in [1.54, 1.807) is 20.8 Å². The molecule has 0 aliphatic carbocycles. The molecule has 6 aromatic rings. The van der Waals surface area contributed by atoms with Crippen molar-refractivity contribution in [1.82, 2.24) is 28.8 Å². The molecule has 3 aromatic carbocycles. The number of nitrogens with zero attached hydrogens (tertiary/aromatic N) is 6. The van der Waals surface area contributed by atoms with Gasteiger partial charge in [0.25, 0.3) is 18.3 Å². The molecule has 0 spiro atoms. The zero-order valence-corrected chi connectivity index (χ0v) is 37.4. The molecule has 0 radical (unpaired) electrons. The molecule has 4 N–H and O–H groups in total. The summed E-state index contributed by atoms with van der Waals surface area (Å²) in [6, 6.07) is 22.4. The van der Waals surface area contributed by atoms with Crippen LogP contribution in [0.3, 0.4) is 0 Å². The van der Waals surface area contributed by atoms with E-state index in [0.29, 0.717) is 44.1 Å². The first-order valence-electron chi connectivity index (χ1n) is 16.8. The minimum Gasteiger partial charge on any atom is -0.414 e. The van der Waals surface area contributed by atoms with Gasteiger partial charge < -0.3 is 30.4 Å². The van der Waals surface area contributed by atoms with Crippen LogP contribution in [0.25, 0.3) is 0 Å². The lowest BCUT2D eigenvalue weighted by atomic mass is 9.79. The van der Waals surface area contributed by atoms with Gasteiger partial charge in [-0.05, 0) is 138 Å². The Bertz CT molecular complexity index is 2200. The lowest BCUT2D eigenvalue weighted by Crippen LogP contribution is -2.41. The fourth-order valence-electron chi connectivity index (χ4n) is 4.33. The van der Waals surface area contributed by atoms with E-state index < -0.39 is 7.12 Å². The van der Waals surface area contributed by atoms with Crippen molar-refractivity contribution in [2.24, 2.45) is 0 Å². The molecule has 21 heteroatoms. The molecule has 7 rings (SSSR count). The fraction of sp³-hybridized carbons (Fsp3) is 0.250. The second-order valence-electron chi connectivity index (χ2n) is 12.9. The summed E-state index contributed by atoms with van der Waals surface area (Å²) in [4.78, 5) is 34.8. The van der Waals surface area contributed by atoms with Crippen LogP contribution in [0.15, 0.2) is 81.7 Å². The van der Waals surface area contributed by atoms with Crippen LogP contribution in [-0.2, 0) is 14.1 Å². The Hall–Kier alpha value is -4.51. The first-order chi connectivity index (χ1) is 27.0. The van der Waals surface area contributed by atoms with Crippen LogP contribution in [0.1, 0.15) is 64.1 Å². The van der Waals surface area contributed by atoms with Gasteiger partial charge in [0.2, 0.25) is 5.06 Å². The molecule has 298 valence electrons. The summed E-state index contributed by atoms with van der Waals surface area (Å²) in [6.07, 6.45) is 0. The lowest BCUT2D eigenvalue weighted by Gasteiger charge is -2.32. The minimum absolute atomic E-state index is 0.171. The van der Waals surface area contributed by atoms with Gasteiger partial charge in [-0.3, -0.25) is 14.4 Å². The number of nitrogen functional groups attached to an aromatic ring is 1. The largest absolute Gasteiger partial charge is 0.494 e. The third-order valence-electron chi connectivity index (χ3n) is 8.15. The third kappa shape index (κ3) is 13.3. The van der Waals surface area contributed by atoms with Crippen LogP contribution in [0.5, 0.6) is 5.06 Å². The highest BCUT2D eigenvalue weighted by atomic mass is 79.9. The van der Waals surface area contributed by atoms with Crippen molar-refractivity contribution >= 4 is 114 Å². The average Bonchev–Trinajstić information content (AvgIpc) is 3.95. The van der Waals surface area contributed by atoms with Crippen LogP contribution >= 0.6 is 66.5 Å². The Morgan fingerprint density at radius 1 is 0.684 bits per heavy atom. The molecule has 0 saturated carbocycles. The van der Waals surface area contributed by atoms with Gasteiger partial charge in [0.1, 0.15) is 15.4 Å². The molecule has 1 aliphatic rings. The zero-order valence-electron chi connectivity index (χ0n) is 31.8. The van der Waals surface area contributed by atoms with Gasteiger partial charge in [-0.1, -0.05) is 57.5 Å². The summed E-state index contributed by atoms with van der Waals surface area (Å²) in [7, 11) is -0.410. The molecule has 0 atom stereocenters. The molecule has 15 nitrogen and oxygen atoms in total. The smallest absolute Gasteiger partial charge is 0.414 e. The van der Waals surface area contributed by atoms with E-state index in [-0.39, 0.29) is 23.0 Å². The number of nitrogens with one attached hydrogen (secondary N) is 2. The monoisotopic (exact) mass is 957 g/mol. The Kier molecular flexibility index (Phi) is 16.5. The minimum atomic E-state index is -0.410. The van der Waals surface area contributed by atoms with Gasteiger partial charge >= 0.3 is 7.12 Å². The van der Waals surface area contributed by atoms with E-state index >= 15 is 0 Å². The number of nitrogens with two attached hydrogens (primary N) is 1. The van der Waals surface area contributed by atoms with E-state index in [1.165, 1.54) is 0 Å². The van der Waals surface area contributed by atoms with Crippen molar-refractivity contribution in [1.29, 1.82) is 0 Å². The number of hydrogen-bond acceptors (Lipinski definition) is 16. The Balaban J connectivity index is 0.000000186. The van der Waals surface area contributed by atoms with E-state index in [2.05, 4.69) is 76.0 Å². The van der Waals surface area contributed by atoms with Crippen molar-refractivity contribution in [3.63, 3.8) is 0 Å². The number of carbonyl (C=O) groups is 3. The van der Waals surface area contributed by atoms with E-state index in [0.717, 1.165) is 60.4 Å². The maximum absolute atomic E-state index is 12.2. The molecular formula is C36H38BBr2N9O6S3. The van der Waals surface area contributed by atoms with Crippen LogP contribution in [-0.4, -0.2) is 65.4 Å². The predicted molar refractivity (Wildman–Crippen MR) is 231 cm³/mol. The maximum Gasteiger partial charge on any atom is 0.494 e. The number of amides is 2. The maximum atomic E-state index is 12.2. The van der Waals surface area contributed by atoms with Gasteiger partial charge in [0, 0.05) is 37.5 Å². The molecular weight excluding hydrogens is 921 g/mol. The van der Waals surface area contributed by atoms with E-state index in [9.17, 15) is 14.4 Å². The molecule has 57 heavy (non-hydrogen) atoms. The van der Waals surface area contributed by atoms with Gasteiger partial charge in [0.15, 0.2) is 0 Å². The number of aryl methyl sites for hydroxylation is 3. The standard InChI is InChI=1S/C16H20BN3O3S.C10H8BrN3OS.C6H6BrN.C4H4N2O2S/c1-10-13(24-20-19-10)14(21)18-12-8-6-11(7-9-12)17-22-15(2,3)16(4,5)23-17;1-6-9(16-14-13-6)10(15)12-8-4-2-7(11)3-5-8;7-5-1-3-6(8)4-2-5;1-3-4(8-2-7)9-6-5-3/h6-9H,1-5H3,(H,18,21);2-5H,1H3,(H,12,15);1-4H,8H2;2H,1H3. The van der Waals surface area contributed by atoms with Crippen LogP contribution in [0.2, 0.25) is 0 Å². The topological polar surface area (TPSA) is 206 Å². The predicted octanol–water partition coefficient (Wildman–Crippen LogP) is 7.67. The molecule has 0 unspecified atom stereocenters. The highest BCUT2D eigenvalue weighted by molar-refractivity contribution is 9.10. The van der Waals surface area contributed by atoms with Crippen LogP contribution < -0.4 is 26.6 Å². The number of rotatable bonds is 7. The van der Waals surface area contributed by atoms with Crippen molar-refractivity contribution in [3.05, 3.63) is 109 Å². The number of halogens is 2. The summed E-state index contributed by atoms with van der Waals surface area (Å²) >= 11 is 9.87. The highest BCUT2D eigenvalue weighted by Gasteiger charge is 2.51. The number of ether oxygens (including phenoxy) is 1. The number of anilines is 3. The quantitative estimate of drug-likeness (QED) is 0.0799. The SMILES string of the molecule is Cc1nnsc1C(=O)Nc1ccc(B2OC(C)(C)C(C)(C)O2)cc1.Cc1nnsc1C(=O)Nc1ccc(Br)cc1.Cc1nnsc1OC=O.Nc1ccc(Br)cc1. The van der Waals surface area contributed by atoms with Crippen molar-refractivity contribution in [2.75, 3.05) is 16.4 Å². The van der Waals surface area contributed by atoms with Crippen LogP contribution in [0.4, 0.5) is 17.1 Å². The number of carbonyl (C=O) groups excluding carboxylic acids is 3. The second-order valence-corrected chi connectivity index (χ2v) is 17.0. The van der Waals surface area contributed by atoms with Gasteiger partial charge in [-0.2, -0.15) is 0 Å². The summed E-state index contributed by atoms with van der Waals surface area (Å²) in [5.41, 5.74) is 9.76. The third-order valence-corrected chi connectivity index (χ3v) is 11.6. The molecule has 1 aliphatic heterocycles. The van der Waals surface area contributed by atoms with Crippen molar-refractivity contribution < 1.29 is 28.4 Å². The summed E-state index contributed by atoms with van der Waals surface area (Å²) < 4.78 is 29.6. The Morgan fingerprint density at radius 2 is 1.09 bits per heavy atom. The highest BCUT2D eigenvalue weighted by Crippen LogP contribution is 2.36. The Morgan fingerprint density at radius 3 is 1.46 bits per heavy atom. The number of aromatic nitrogens is 6. The van der Waals surface area contributed by atoms with E-state index in [4.69, 9.17) is 15.0 Å². The molecule has 1 saturated heterocycles. The average molecular weight is 960 g/mol. The lowest BCUT2D eigenvalue weighted by molar-refractivity contribution is -0.120. The summed E-state index contributed by atoms with van der Waals surface area (Å²) in [5.74, 6) is -0.374. The molecule has 2 amide bonds. The van der Waals surface area contributed by atoms with Crippen LogP contribution in [0, 0.1) is 20.8 Å². The van der Waals surface area contributed by atoms with Gasteiger partial charge in [-0.25, -0.2) is 0 Å². The molecule has 3 aromatic heterocycles. The molecule has 0 bridgehead atoms.